The number of ether oxygens (including phenoxy) is 3. The van der Waals surface area contributed by atoms with Gasteiger partial charge in [0.25, 0.3) is 11.8 Å². The molecule has 0 spiro atoms. The predicted molar refractivity (Wildman–Crippen MR) is 154 cm³/mol. The summed E-state index contributed by atoms with van der Waals surface area (Å²) in [7, 11) is 3.16. The Kier molecular flexibility index (Phi) is 9.28. The molecule has 11 heteroatoms. The van der Waals surface area contributed by atoms with E-state index in [0.717, 1.165) is 29.2 Å². The van der Waals surface area contributed by atoms with Crippen molar-refractivity contribution in [2.45, 2.75) is 12.5 Å². The van der Waals surface area contributed by atoms with Gasteiger partial charge >= 0.3 is 0 Å². The van der Waals surface area contributed by atoms with Gasteiger partial charge < -0.3 is 19.1 Å². The summed E-state index contributed by atoms with van der Waals surface area (Å²) in [6.45, 7) is 3.20. The Labute approximate surface area is 242 Å². The second-order valence-corrected chi connectivity index (χ2v) is 10.7. The van der Waals surface area contributed by atoms with Crippen molar-refractivity contribution < 1.29 is 28.2 Å². The Bertz CT molecular complexity index is 1390. The average molecular weight is 581 g/mol. The molecule has 0 bridgehead atoms. The van der Waals surface area contributed by atoms with Crippen molar-refractivity contribution in [2.24, 2.45) is 5.10 Å². The predicted octanol–water partition coefficient (Wildman–Crippen LogP) is 4.06. The first-order chi connectivity index (χ1) is 20.0. The van der Waals surface area contributed by atoms with E-state index in [9.17, 15) is 14.0 Å². The first-order valence-corrected chi connectivity index (χ1v) is 14.4. The lowest BCUT2D eigenvalue weighted by molar-refractivity contribution is -0.133. The first kappa shape index (κ1) is 28.7. The number of nitrogens with zero attached hydrogens (tertiary/aromatic N) is 4. The highest BCUT2D eigenvalue weighted by Crippen LogP contribution is 2.40. The molecule has 1 atom stereocenters. The minimum absolute atomic E-state index is 0.0718. The third kappa shape index (κ3) is 6.58. The van der Waals surface area contributed by atoms with Crippen molar-refractivity contribution in [3.05, 3.63) is 81.8 Å². The molecule has 0 aliphatic carbocycles. The maximum absolute atomic E-state index is 14.7. The van der Waals surface area contributed by atoms with Gasteiger partial charge in [0, 0.05) is 38.2 Å². The van der Waals surface area contributed by atoms with Gasteiger partial charge in [-0.15, -0.1) is 11.3 Å². The number of amides is 2. The molecular weight excluding hydrogens is 547 g/mol. The second-order valence-electron chi connectivity index (χ2n) is 9.75. The molecule has 41 heavy (non-hydrogen) atoms. The molecule has 3 heterocycles. The van der Waals surface area contributed by atoms with Crippen LogP contribution in [0.4, 0.5) is 4.39 Å². The van der Waals surface area contributed by atoms with Crippen LogP contribution >= 0.6 is 11.3 Å². The number of hydrazone groups is 1. The molecule has 2 amide bonds. The Hall–Kier alpha value is -3.80. The summed E-state index contributed by atoms with van der Waals surface area (Å²) in [5, 5.41) is 8.14. The monoisotopic (exact) mass is 580 g/mol. The highest BCUT2D eigenvalue weighted by molar-refractivity contribution is 7.12. The molecule has 0 N–H and O–H groups in total. The minimum Gasteiger partial charge on any atom is -0.497 e. The number of carbonyl (C=O) groups excluding carboxylic acids is 2. The van der Waals surface area contributed by atoms with E-state index in [0.29, 0.717) is 37.7 Å². The summed E-state index contributed by atoms with van der Waals surface area (Å²) in [5.41, 5.74) is 1.44. The normalized spacial score (nSPS) is 17.3. The summed E-state index contributed by atoms with van der Waals surface area (Å²) in [5.74, 6) is -0.318. The summed E-state index contributed by atoms with van der Waals surface area (Å²) < 4.78 is 31.2. The van der Waals surface area contributed by atoms with E-state index in [-0.39, 0.29) is 24.6 Å². The van der Waals surface area contributed by atoms with Gasteiger partial charge in [0.05, 0.1) is 49.6 Å². The number of methoxy groups -OCH3 is 2. The number of carbonyl (C=O) groups is 2. The standard InChI is InChI=1S/C30H33FN4O5S/c1-38-21-9-10-27(39-2)23(18-21)26-19-25(28-8-5-17-41-28)32-35(26)29(36)20-34(12-11-33-13-15-40-16-14-33)30(37)22-6-3-4-7-24(22)31/h3-10,17-18,26H,11-16,19-20H2,1-2H3/t26-/m0/s1. The van der Waals surface area contributed by atoms with Gasteiger partial charge in [-0.1, -0.05) is 18.2 Å². The molecule has 5 rings (SSSR count). The van der Waals surface area contributed by atoms with Crippen LogP contribution in [0.5, 0.6) is 11.5 Å². The van der Waals surface area contributed by atoms with Gasteiger partial charge in [-0.3, -0.25) is 14.5 Å². The zero-order chi connectivity index (χ0) is 28.8. The van der Waals surface area contributed by atoms with Gasteiger partial charge in [-0.25, -0.2) is 9.40 Å². The quantitative estimate of drug-likeness (QED) is 0.360. The van der Waals surface area contributed by atoms with Crippen molar-refractivity contribution in [1.82, 2.24) is 14.8 Å². The maximum Gasteiger partial charge on any atom is 0.262 e. The van der Waals surface area contributed by atoms with Crippen LogP contribution < -0.4 is 9.47 Å². The highest BCUT2D eigenvalue weighted by Gasteiger charge is 2.37. The van der Waals surface area contributed by atoms with Crippen LogP contribution in [0.25, 0.3) is 0 Å². The van der Waals surface area contributed by atoms with E-state index >= 15 is 0 Å². The fourth-order valence-electron chi connectivity index (χ4n) is 5.05. The summed E-state index contributed by atoms with van der Waals surface area (Å²) in [6, 6.07) is 14.7. The summed E-state index contributed by atoms with van der Waals surface area (Å²) >= 11 is 1.54. The molecule has 9 nitrogen and oxygen atoms in total. The minimum atomic E-state index is -0.625. The lowest BCUT2D eigenvalue weighted by Gasteiger charge is -2.31. The van der Waals surface area contributed by atoms with E-state index in [1.165, 1.54) is 28.1 Å². The molecule has 1 saturated heterocycles. The van der Waals surface area contributed by atoms with Gasteiger partial charge in [0.2, 0.25) is 0 Å². The zero-order valence-electron chi connectivity index (χ0n) is 23.1. The van der Waals surface area contributed by atoms with Crippen LogP contribution in [0.15, 0.2) is 65.1 Å². The number of rotatable bonds is 10. The Morgan fingerprint density at radius 1 is 1.10 bits per heavy atom. The van der Waals surface area contributed by atoms with Crippen molar-refractivity contribution in [1.29, 1.82) is 0 Å². The van der Waals surface area contributed by atoms with Crippen LogP contribution in [0.3, 0.4) is 0 Å². The van der Waals surface area contributed by atoms with E-state index in [1.54, 1.807) is 43.8 Å². The maximum atomic E-state index is 14.7. The zero-order valence-corrected chi connectivity index (χ0v) is 23.9. The SMILES string of the molecule is COc1ccc(OC)c([C@@H]2CC(c3cccs3)=NN2C(=O)CN(CCN2CCOCC2)C(=O)c2ccccc2F)c1. The van der Waals surface area contributed by atoms with E-state index in [4.69, 9.17) is 19.3 Å². The lowest BCUT2D eigenvalue weighted by Crippen LogP contribution is -2.46. The Morgan fingerprint density at radius 2 is 1.90 bits per heavy atom. The largest absolute Gasteiger partial charge is 0.497 e. The van der Waals surface area contributed by atoms with Crippen LogP contribution in [-0.2, 0) is 9.53 Å². The fourth-order valence-corrected chi connectivity index (χ4v) is 5.78. The molecule has 1 aromatic heterocycles. The lowest BCUT2D eigenvalue weighted by atomic mass is 9.99. The molecule has 1 fully saturated rings. The molecule has 2 aliphatic heterocycles. The van der Waals surface area contributed by atoms with Crippen molar-refractivity contribution in [3.63, 3.8) is 0 Å². The number of halogens is 1. The van der Waals surface area contributed by atoms with Gasteiger partial charge in [0.15, 0.2) is 0 Å². The molecular formula is C30H33FN4O5S. The molecule has 3 aromatic rings. The molecule has 0 unspecified atom stereocenters. The topological polar surface area (TPSA) is 83.9 Å². The molecule has 0 saturated carbocycles. The molecule has 2 aliphatic rings. The van der Waals surface area contributed by atoms with E-state index in [1.807, 2.05) is 23.6 Å². The average Bonchev–Trinajstić information content (AvgIpc) is 3.70. The van der Waals surface area contributed by atoms with Gasteiger partial charge in [-0.05, 0) is 41.8 Å². The van der Waals surface area contributed by atoms with Crippen molar-refractivity contribution in [2.75, 3.05) is 60.2 Å². The van der Waals surface area contributed by atoms with Crippen molar-refractivity contribution in [3.8, 4) is 11.5 Å². The number of benzene rings is 2. The first-order valence-electron chi connectivity index (χ1n) is 13.5. The summed E-state index contributed by atoms with van der Waals surface area (Å²) in [4.78, 5) is 32.1. The third-order valence-corrected chi connectivity index (χ3v) is 8.19. The van der Waals surface area contributed by atoms with Crippen LogP contribution in [0.2, 0.25) is 0 Å². The smallest absolute Gasteiger partial charge is 0.262 e. The van der Waals surface area contributed by atoms with Crippen LogP contribution in [0, 0.1) is 5.82 Å². The van der Waals surface area contributed by atoms with Gasteiger partial charge in [0.1, 0.15) is 23.9 Å². The molecule has 0 radical (unpaired) electrons. The van der Waals surface area contributed by atoms with E-state index in [2.05, 4.69) is 4.90 Å². The summed E-state index contributed by atoms with van der Waals surface area (Å²) in [6.07, 6.45) is 0.463. The fraction of sp³-hybridized carbons (Fsp3) is 0.367. The number of hydrogen-bond donors (Lipinski definition) is 0. The van der Waals surface area contributed by atoms with Crippen LogP contribution in [0.1, 0.15) is 33.3 Å². The molecule has 2 aromatic carbocycles. The van der Waals surface area contributed by atoms with E-state index < -0.39 is 17.8 Å². The second kappa shape index (κ2) is 13.2. The highest BCUT2D eigenvalue weighted by atomic mass is 32.1. The Morgan fingerprint density at radius 3 is 2.61 bits per heavy atom. The number of morpholine rings is 1. The van der Waals surface area contributed by atoms with Crippen LogP contribution in [-0.4, -0.2) is 92.5 Å². The van der Waals surface area contributed by atoms with Gasteiger partial charge in [-0.2, -0.15) is 5.10 Å². The molecule has 216 valence electrons. The van der Waals surface area contributed by atoms with Crippen molar-refractivity contribution >= 4 is 28.9 Å². The number of thiophene rings is 1. The number of hydrogen-bond acceptors (Lipinski definition) is 8. The Balaban J connectivity index is 1.45. The third-order valence-electron chi connectivity index (χ3n) is 7.27.